The van der Waals surface area contributed by atoms with E-state index >= 15 is 9.59 Å². The molecule has 2 saturated carbocycles. The van der Waals surface area contributed by atoms with Gasteiger partial charge in [0.25, 0.3) is 12.4 Å². The Balaban J connectivity index is 1.40. The lowest BCUT2D eigenvalue weighted by atomic mass is 9.44. The molecule has 1 heterocycles. The lowest BCUT2D eigenvalue weighted by molar-refractivity contribution is -0.346. The minimum absolute atomic E-state index is 0.0179. The van der Waals surface area contributed by atoms with E-state index in [4.69, 9.17) is 33.2 Å². The van der Waals surface area contributed by atoms with E-state index in [1.807, 2.05) is 0 Å². The van der Waals surface area contributed by atoms with E-state index in [-0.39, 0.29) is 67.6 Å². The smallest absolute Gasteiger partial charge is 0.350 e. The third-order valence-corrected chi connectivity index (χ3v) is 14.7. The van der Waals surface area contributed by atoms with Gasteiger partial charge >= 0.3 is 29.8 Å². The van der Waals surface area contributed by atoms with Crippen LogP contribution in [0.25, 0.3) is 0 Å². The Hall–Kier alpha value is -6.76. The highest BCUT2D eigenvalue weighted by molar-refractivity contribution is 5.96. The molecule has 71 heavy (non-hydrogen) atoms. The number of esters is 5. The fourth-order valence-electron chi connectivity index (χ4n) is 11.0. The van der Waals surface area contributed by atoms with E-state index in [0.717, 1.165) is 13.8 Å². The van der Waals surface area contributed by atoms with Crippen molar-refractivity contribution < 1.29 is 81.7 Å². The third kappa shape index (κ3) is 9.84. The summed E-state index contributed by atoms with van der Waals surface area (Å²) in [5.74, 6) is -7.94. The predicted octanol–water partition coefficient (Wildman–Crippen LogP) is 4.63. The van der Waals surface area contributed by atoms with Gasteiger partial charge in [-0.3, -0.25) is 28.8 Å². The van der Waals surface area contributed by atoms with E-state index in [9.17, 15) is 39.0 Å². The molecule has 1 unspecified atom stereocenters. The molecule has 3 N–H and O–H groups in total. The van der Waals surface area contributed by atoms with Crippen molar-refractivity contribution >= 4 is 48.0 Å². The summed E-state index contributed by atoms with van der Waals surface area (Å²) in [4.78, 5) is 110. The predicted molar refractivity (Wildman–Crippen MR) is 247 cm³/mol. The van der Waals surface area contributed by atoms with Gasteiger partial charge in [-0.25, -0.2) is 9.59 Å². The van der Waals surface area contributed by atoms with Gasteiger partial charge in [-0.05, 0) is 67.7 Å². The Bertz CT molecular complexity index is 2550. The number of rotatable bonds is 17. The largest absolute Gasteiger partial charge is 0.468 e. The zero-order chi connectivity index (χ0) is 51.5. The van der Waals surface area contributed by atoms with Gasteiger partial charge in [-0.15, -0.1) is 0 Å². The SMILES string of the molecule is CC(=O)O[C@H]1C(=O)[C@@]2(C)C([C@H](OC(=O)c3ccccc3)[C@]3(O)C[C@H](OC(=O)[C@H](OC(=O)CCCCOC=O)[C@@H](NC(=O)c4ccccc4)c4ccccc4)C(C)=C1C3(C)C)[C@]1(OC(C)=O)CO[C@@H]1C[C@@H]2O. The number of ketones is 1. The minimum atomic E-state index is -2.47. The van der Waals surface area contributed by atoms with Crippen LogP contribution in [0.3, 0.4) is 0 Å². The number of amides is 1. The van der Waals surface area contributed by atoms with E-state index in [0.29, 0.717) is 5.56 Å². The van der Waals surface area contributed by atoms with Gasteiger partial charge in [0.15, 0.2) is 17.5 Å². The number of carbonyl (C=O) groups excluding carboxylic acids is 8. The minimum Gasteiger partial charge on any atom is -0.468 e. The number of unbranched alkanes of at least 4 members (excludes halogenated alkanes) is 1. The molecule has 1 amide bonds. The van der Waals surface area contributed by atoms with Crippen LogP contribution in [0.2, 0.25) is 0 Å². The lowest BCUT2D eigenvalue weighted by Crippen LogP contribution is -2.82. The molecule has 18 nitrogen and oxygen atoms in total. The molecule has 3 aromatic carbocycles. The van der Waals surface area contributed by atoms with E-state index in [2.05, 4.69) is 5.32 Å². The number of nitrogens with one attached hydrogen (secondary N) is 1. The van der Waals surface area contributed by atoms with Gasteiger partial charge in [-0.2, -0.15) is 0 Å². The number of hydrogen-bond acceptors (Lipinski definition) is 17. The van der Waals surface area contributed by atoms with E-state index < -0.39 is 119 Å². The van der Waals surface area contributed by atoms with Crippen LogP contribution in [0.1, 0.15) is 106 Å². The normalized spacial score (nSPS) is 29.1. The zero-order valence-electron chi connectivity index (χ0n) is 40.3. The van der Waals surface area contributed by atoms with Crippen molar-refractivity contribution in [2.45, 2.75) is 128 Å². The second kappa shape index (κ2) is 20.9. The van der Waals surface area contributed by atoms with Crippen LogP contribution in [-0.2, 0) is 61.9 Å². The summed E-state index contributed by atoms with van der Waals surface area (Å²) < 4.78 is 41.5. The molecule has 1 saturated heterocycles. The molecular weight excluding hydrogens is 923 g/mol. The second-order valence-corrected chi connectivity index (χ2v) is 19.2. The van der Waals surface area contributed by atoms with Crippen LogP contribution in [-0.4, -0.2) is 119 Å². The highest BCUT2D eigenvalue weighted by Gasteiger charge is 2.78. The molecule has 3 aliphatic carbocycles. The molecule has 0 aromatic heterocycles. The maximum Gasteiger partial charge on any atom is 0.350 e. The van der Waals surface area contributed by atoms with Crippen molar-refractivity contribution in [2.75, 3.05) is 13.2 Å². The molecule has 3 fully saturated rings. The van der Waals surface area contributed by atoms with Crippen LogP contribution in [0.5, 0.6) is 0 Å². The maximum atomic E-state index is 15.7. The average Bonchev–Trinajstić information content (AvgIpc) is 3.33. The topological polar surface area (TPSA) is 254 Å². The van der Waals surface area contributed by atoms with E-state index in [1.54, 1.807) is 92.7 Å². The molecule has 0 radical (unpaired) electrons. The monoisotopic (exact) mass is 981 g/mol. The molecule has 1 aliphatic heterocycles. The summed E-state index contributed by atoms with van der Waals surface area (Å²) in [5.41, 5.74) is -7.48. The fourth-order valence-corrected chi connectivity index (χ4v) is 11.0. The molecule has 3 aromatic rings. The van der Waals surface area contributed by atoms with Crippen molar-refractivity contribution in [1.29, 1.82) is 0 Å². The van der Waals surface area contributed by atoms with Crippen LogP contribution in [0, 0.1) is 16.7 Å². The first kappa shape index (κ1) is 52.1. The highest BCUT2D eigenvalue weighted by atomic mass is 16.6. The van der Waals surface area contributed by atoms with Gasteiger partial charge in [0.05, 0.1) is 36.2 Å². The summed E-state index contributed by atoms with van der Waals surface area (Å²) >= 11 is 0. The number of fused-ring (bicyclic) bond motifs is 5. The van der Waals surface area contributed by atoms with Crippen LogP contribution < -0.4 is 5.32 Å². The number of aliphatic hydroxyl groups is 2. The van der Waals surface area contributed by atoms with Crippen LogP contribution in [0.4, 0.5) is 0 Å². The number of aliphatic hydroxyl groups excluding tert-OH is 1. The summed E-state index contributed by atoms with van der Waals surface area (Å²) in [5, 5.41) is 28.9. The van der Waals surface area contributed by atoms with Crippen molar-refractivity contribution in [3.63, 3.8) is 0 Å². The molecule has 18 heteroatoms. The van der Waals surface area contributed by atoms with Crippen LogP contribution >= 0.6 is 0 Å². The quantitative estimate of drug-likeness (QED) is 0.0548. The van der Waals surface area contributed by atoms with Gasteiger partial charge < -0.3 is 48.7 Å². The Morgan fingerprint density at radius 2 is 1.46 bits per heavy atom. The van der Waals surface area contributed by atoms with Crippen molar-refractivity contribution in [3.05, 3.63) is 119 Å². The number of hydrogen-bond donors (Lipinski definition) is 3. The first-order chi connectivity index (χ1) is 33.7. The first-order valence-electron chi connectivity index (χ1n) is 23.5. The molecule has 2 bridgehead atoms. The average molecular weight is 982 g/mol. The number of Topliss-reactive ketones (excluding diaryl/α,β-unsaturated/α-hetero) is 1. The molecule has 378 valence electrons. The number of benzene rings is 3. The highest BCUT2D eigenvalue weighted by Crippen LogP contribution is 2.64. The number of ether oxygens (including phenoxy) is 7. The summed E-state index contributed by atoms with van der Waals surface area (Å²) in [6, 6.07) is 22.7. The Labute approximate surface area is 410 Å². The standard InChI is InChI=1S/C53H59NO17/c1-30-36(68-49(63)43(69-39(59)24-16-17-25-65-29-55)41(33-18-10-7-11-19-33)54-47(61)34-20-12-8-13-21-34)27-53(64)46(70-48(62)35-22-14-9-15-23-35)44-51(6,37(58)26-38-52(44,28-66-38)71-32(3)57)45(60)42(67-31(2)56)40(30)50(53,4)5/h7-15,18-23,29,36-38,41-44,46,58,64H,16-17,24-28H2,1-6H3,(H,54,61)/t36-,37-,38+,41-,42+,43+,44?,46-,51+,52-,53+/m0/s1. The molecule has 4 aliphatic rings. The Morgan fingerprint density at radius 3 is 2.04 bits per heavy atom. The van der Waals surface area contributed by atoms with Gasteiger partial charge in [0.2, 0.25) is 6.10 Å². The molecule has 11 atom stereocenters. The number of carbonyl (C=O) groups is 8. The molecule has 7 rings (SSSR count). The Kier molecular flexibility index (Phi) is 15.3. The van der Waals surface area contributed by atoms with Gasteiger partial charge in [0.1, 0.15) is 30.0 Å². The second-order valence-electron chi connectivity index (χ2n) is 19.2. The maximum absolute atomic E-state index is 15.7. The zero-order valence-corrected chi connectivity index (χ0v) is 40.3. The first-order valence-corrected chi connectivity index (χ1v) is 23.5. The van der Waals surface area contributed by atoms with Crippen molar-refractivity contribution in [2.24, 2.45) is 16.7 Å². The summed E-state index contributed by atoms with van der Waals surface area (Å²) in [6.07, 6.45) is -10.6. The summed E-state index contributed by atoms with van der Waals surface area (Å²) in [6.45, 7) is 8.13. The van der Waals surface area contributed by atoms with Crippen molar-refractivity contribution in [1.82, 2.24) is 5.32 Å². The Morgan fingerprint density at radius 1 is 0.845 bits per heavy atom. The molecule has 0 spiro atoms. The third-order valence-electron chi connectivity index (χ3n) is 14.7. The van der Waals surface area contributed by atoms with Gasteiger partial charge in [-0.1, -0.05) is 80.6 Å². The lowest BCUT2D eigenvalue weighted by Gasteiger charge is -2.67. The molecular formula is C53H59NO17. The van der Waals surface area contributed by atoms with E-state index in [1.165, 1.54) is 26.0 Å². The van der Waals surface area contributed by atoms with Crippen LogP contribution in [0.15, 0.2) is 102 Å². The van der Waals surface area contributed by atoms with Crippen molar-refractivity contribution in [3.8, 4) is 0 Å². The van der Waals surface area contributed by atoms with Gasteiger partial charge in [0, 0.05) is 44.1 Å². The summed E-state index contributed by atoms with van der Waals surface area (Å²) in [7, 11) is 0. The fraction of sp³-hybridized carbons (Fsp3) is 0.472.